The van der Waals surface area contributed by atoms with Crippen LogP contribution in [0.1, 0.15) is 30.0 Å². The molecule has 0 aliphatic rings. The third kappa shape index (κ3) is 1.94. The maximum Gasteiger partial charge on any atom is 0.170 e. The number of carbonyl (C=O) groups excluding carboxylic acids is 1. The number of rotatable bonds is 3. The maximum absolute atomic E-state index is 10.4. The minimum absolute atomic E-state index is 0.521. The lowest BCUT2D eigenvalue weighted by Gasteiger charge is -2.03. The third-order valence-corrected chi connectivity index (χ3v) is 1.73. The molecule has 3 nitrogen and oxygen atoms in total. The van der Waals surface area contributed by atoms with E-state index >= 15 is 0 Å². The van der Waals surface area contributed by atoms with Gasteiger partial charge < -0.3 is 0 Å². The van der Waals surface area contributed by atoms with Crippen LogP contribution >= 0.6 is 0 Å². The zero-order valence-corrected chi connectivity index (χ0v) is 7.74. The fourth-order valence-electron chi connectivity index (χ4n) is 1.20. The molecule has 0 saturated heterocycles. The van der Waals surface area contributed by atoms with Gasteiger partial charge in [-0.15, -0.1) is 0 Å². The van der Waals surface area contributed by atoms with E-state index in [-0.39, 0.29) is 0 Å². The number of carbonyl (C=O) groups is 1. The average molecular weight is 166 g/mol. The predicted octanol–water partition coefficient (Wildman–Crippen LogP) is 1.43. The first-order valence-corrected chi connectivity index (χ1v) is 4.11. The number of aryl methyl sites for hydroxylation is 1. The van der Waals surface area contributed by atoms with Crippen molar-refractivity contribution in [2.75, 3.05) is 0 Å². The van der Waals surface area contributed by atoms with Crippen LogP contribution in [0, 0.1) is 5.92 Å². The molecule has 0 N–H and O–H groups in total. The summed E-state index contributed by atoms with van der Waals surface area (Å²) >= 11 is 0. The number of nitrogens with zero attached hydrogens (tertiary/aromatic N) is 2. The van der Waals surface area contributed by atoms with Crippen LogP contribution in [0.15, 0.2) is 6.07 Å². The maximum atomic E-state index is 10.4. The molecule has 3 heteroatoms. The first-order valence-electron chi connectivity index (χ1n) is 4.11. The van der Waals surface area contributed by atoms with E-state index in [4.69, 9.17) is 0 Å². The van der Waals surface area contributed by atoms with Crippen LogP contribution in [0.4, 0.5) is 0 Å². The summed E-state index contributed by atoms with van der Waals surface area (Å²) in [5.74, 6) is 0.597. The molecule has 0 aromatic carbocycles. The Morgan fingerprint density at radius 1 is 1.67 bits per heavy atom. The molecule has 0 unspecified atom stereocenters. The summed E-state index contributed by atoms with van der Waals surface area (Å²) in [4.78, 5) is 10.4. The monoisotopic (exact) mass is 166 g/mol. The Morgan fingerprint density at radius 3 is 2.75 bits per heavy atom. The minimum Gasteiger partial charge on any atom is -0.296 e. The molecule has 1 aromatic heterocycles. The van der Waals surface area contributed by atoms with Crippen molar-refractivity contribution < 1.29 is 4.79 Å². The van der Waals surface area contributed by atoms with Crippen molar-refractivity contribution in [3.05, 3.63) is 17.5 Å². The average Bonchev–Trinajstić information content (AvgIpc) is 2.31. The fraction of sp³-hybridized carbons (Fsp3) is 0.556. The quantitative estimate of drug-likeness (QED) is 0.637. The van der Waals surface area contributed by atoms with Crippen LogP contribution < -0.4 is 0 Å². The largest absolute Gasteiger partial charge is 0.296 e. The standard InChI is InChI=1S/C9H14N2O/c1-7(2)4-9-5-8(6-12)10-11(9)3/h5-7H,4H2,1-3H3. The molecule has 12 heavy (non-hydrogen) atoms. The van der Waals surface area contributed by atoms with Gasteiger partial charge in [-0.3, -0.25) is 9.48 Å². The van der Waals surface area contributed by atoms with Crippen molar-refractivity contribution in [1.29, 1.82) is 0 Å². The van der Waals surface area contributed by atoms with Crippen LogP contribution in [0.3, 0.4) is 0 Å². The molecular formula is C9H14N2O. The van der Waals surface area contributed by atoms with Crippen LogP contribution in [0.2, 0.25) is 0 Å². The number of hydrogen-bond acceptors (Lipinski definition) is 2. The van der Waals surface area contributed by atoms with E-state index in [9.17, 15) is 4.79 Å². The van der Waals surface area contributed by atoms with Crippen molar-refractivity contribution in [1.82, 2.24) is 9.78 Å². The molecular weight excluding hydrogens is 152 g/mol. The van der Waals surface area contributed by atoms with E-state index in [1.54, 1.807) is 4.68 Å². The Balaban J connectivity index is 2.84. The van der Waals surface area contributed by atoms with Gasteiger partial charge >= 0.3 is 0 Å². The van der Waals surface area contributed by atoms with Crippen molar-refractivity contribution >= 4 is 6.29 Å². The number of aromatic nitrogens is 2. The molecule has 0 radical (unpaired) electrons. The van der Waals surface area contributed by atoms with Gasteiger partial charge in [-0.05, 0) is 18.4 Å². The second kappa shape index (κ2) is 3.52. The summed E-state index contributed by atoms with van der Waals surface area (Å²) in [5, 5.41) is 4.03. The van der Waals surface area contributed by atoms with Gasteiger partial charge in [0.05, 0.1) is 0 Å². The van der Waals surface area contributed by atoms with Gasteiger partial charge in [0.15, 0.2) is 6.29 Å². The van der Waals surface area contributed by atoms with Crippen LogP contribution in [-0.4, -0.2) is 16.1 Å². The summed E-state index contributed by atoms with van der Waals surface area (Å²) in [6, 6.07) is 1.84. The summed E-state index contributed by atoms with van der Waals surface area (Å²) in [6.07, 6.45) is 1.75. The zero-order chi connectivity index (χ0) is 9.14. The first-order chi connectivity index (χ1) is 5.63. The molecule has 0 bridgehead atoms. The molecule has 1 heterocycles. The molecule has 66 valence electrons. The first kappa shape index (κ1) is 8.97. The summed E-state index contributed by atoms with van der Waals surface area (Å²) in [6.45, 7) is 4.29. The van der Waals surface area contributed by atoms with Crippen molar-refractivity contribution in [3.63, 3.8) is 0 Å². The zero-order valence-electron chi connectivity index (χ0n) is 7.74. The van der Waals surface area contributed by atoms with E-state index in [2.05, 4.69) is 18.9 Å². The van der Waals surface area contributed by atoms with E-state index in [1.807, 2.05) is 13.1 Å². The molecule has 1 rings (SSSR count). The van der Waals surface area contributed by atoms with Gasteiger partial charge in [-0.1, -0.05) is 13.8 Å². The van der Waals surface area contributed by atoms with Gasteiger partial charge in [0.25, 0.3) is 0 Å². The van der Waals surface area contributed by atoms with E-state index in [0.29, 0.717) is 11.6 Å². The van der Waals surface area contributed by atoms with E-state index in [0.717, 1.165) is 18.4 Å². The fourth-order valence-corrected chi connectivity index (χ4v) is 1.20. The number of aldehydes is 1. The highest BCUT2D eigenvalue weighted by molar-refractivity contribution is 5.71. The lowest BCUT2D eigenvalue weighted by atomic mass is 10.1. The smallest absolute Gasteiger partial charge is 0.170 e. The van der Waals surface area contributed by atoms with E-state index < -0.39 is 0 Å². The summed E-state index contributed by atoms with van der Waals surface area (Å²) in [7, 11) is 1.87. The van der Waals surface area contributed by atoms with Gasteiger partial charge in [-0.25, -0.2) is 0 Å². The highest BCUT2D eigenvalue weighted by Gasteiger charge is 2.05. The van der Waals surface area contributed by atoms with Gasteiger partial charge in [0.1, 0.15) is 5.69 Å². The molecule has 0 saturated carbocycles. The predicted molar refractivity (Wildman–Crippen MR) is 47.1 cm³/mol. The summed E-state index contributed by atoms with van der Waals surface area (Å²) in [5.41, 5.74) is 1.64. The molecule has 0 spiro atoms. The van der Waals surface area contributed by atoms with Crippen molar-refractivity contribution in [3.8, 4) is 0 Å². The topological polar surface area (TPSA) is 34.9 Å². The molecule has 0 aliphatic heterocycles. The Morgan fingerprint density at radius 2 is 2.33 bits per heavy atom. The Bertz CT molecular complexity index is 276. The van der Waals surface area contributed by atoms with Gasteiger partial charge in [-0.2, -0.15) is 5.10 Å². The van der Waals surface area contributed by atoms with Crippen LogP contribution in [0.5, 0.6) is 0 Å². The van der Waals surface area contributed by atoms with Gasteiger partial charge in [0.2, 0.25) is 0 Å². The SMILES string of the molecule is CC(C)Cc1cc(C=O)nn1C. The normalized spacial score (nSPS) is 10.7. The molecule has 0 aliphatic carbocycles. The number of hydrogen-bond donors (Lipinski definition) is 0. The Labute approximate surface area is 72.4 Å². The second-order valence-corrected chi connectivity index (χ2v) is 3.40. The highest BCUT2D eigenvalue weighted by atomic mass is 16.1. The third-order valence-electron chi connectivity index (χ3n) is 1.73. The highest BCUT2D eigenvalue weighted by Crippen LogP contribution is 2.07. The minimum atomic E-state index is 0.521. The Hall–Kier alpha value is -1.12. The second-order valence-electron chi connectivity index (χ2n) is 3.40. The molecule has 1 aromatic rings. The van der Waals surface area contributed by atoms with E-state index in [1.165, 1.54) is 0 Å². The Kier molecular flexibility index (Phi) is 2.63. The molecule has 0 amide bonds. The van der Waals surface area contributed by atoms with Crippen molar-refractivity contribution in [2.24, 2.45) is 13.0 Å². The lowest BCUT2D eigenvalue weighted by Crippen LogP contribution is -2.02. The van der Waals surface area contributed by atoms with Crippen LogP contribution in [0.25, 0.3) is 0 Å². The molecule has 0 fully saturated rings. The van der Waals surface area contributed by atoms with Gasteiger partial charge in [0, 0.05) is 12.7 Å². The summed E-state index contributed by atoms with van der Waals surface area (Å²) < 4.78 is 1.77. The molecule has 0 atom stereocenters. The van der Waals surface area contributed by atoms with Crippen molar-refractivity contribution in [2.45, 2.75) is 20.3 Å². The lowest BCUT2D eigenvalue weighted by molar-refractivity contribution is 0.111. The van der Waals surface area contributed by atoms with Crippen LogP contribution in [-0.2, 0) is 13.5 Å².